The molecule has 9 aromatic rings. The van der Waals surface area contributed by atoms with Gasteiger partial charge in [-0.2, -0.15) is 0 Å². The van der Waals surface area contributed by atoms with Gasteiger partial charge >= 0.3 is 0 Å². The van der Waals surface area contributed by atoms with Crippen molar-refractivity contribution in [2.45, 2.75) is 0 Å². The fraction of sp³-hybridized carbons (Fsp3) is 0. The maximum atomic E-state index is 6.14. The average Bonchev–Trinajstić information content (AvgIpc) is 3.78. The van der Waals surface area contributed by atoms with E-state index in [4.69, 9.17) is 18.8 Å². The van der Waals surface area contributed by atoms with Crippen molar-refractivity contribution >= 4 is 44.0 Å². The Morgan fingerprint density at radius 1 is 0.488 bits per heavy atom. The molecule has 0 N–H and O–H groups in total. The van der Waals surface area contributed by atoms with Crippen LogP contribution in [0, 0.1) is 0 Å². The third-order valence-corrected chi connectivity index (χ3v) is 7.78. The van der Waals surface area contributed by atoms with Gasteiger partial charge < -0.3 is 13.4 Å². The van der Waals surface area contributed by atoms with Crippen molar-refractivity contribution in [3.63, 3.8) is 0 Å². The highest BCUT2D eigenvalue weighted by Gasteiger charge is 2.18. The third kappa shape index (κ3) is 3.83. The zero-order valence-corrected chi connectivity index (χ0v) is 22.7. The quantitative estimate of drug-likeness (QED) is 0.216. The van der Waals surface area contributed by atoms with Crippen LogP contribution < -0.4 is 0 Å². The minimum atomic E-state index is 0.585. The second kappa shape index (κ2) is 9.22. The summed E-state index contributed by atoms with van der Waals surface area (Å²) in [4.78, 5) is 18.4. The second-order valence-electron chi connectivity index (χ2n) is 10.4. The molecule has 7 nitrogen and oxygen atoms in total. The Labute approximate surface area is 244 Å². The molecule has 0 bridgehead atoms. The molecule has 4 aromatic heterocycles. The van der Waals surface area contributed by atoms with E-state index in [2.05, 4.69) is 63.1 Å². The van der Waals surface area contributed by atoms with Gasteiger partial charge in [0.1, 0.15) is 11.0 Å². The van der Waals surface area contributed by atoms with E-state index in [0.717, 1.165) is 66.4 Å². The van der Waals surface area contributed by atoms with E-state index >= 15 is 0 Å². The molecule has 43 heavy (non-hydrogen) atoms. The molecule has 0 spiro atoms. The normalized spacial score (nSPS) is 11.7. The molecule has 0 amide bonds. The van der Waals surface area contributed by atoms with E-state index in [0.29, 0.717) is 17.6 Å². The smallest absolute Gasteiger partial charge is 0.227 e. The highest BCUT2D eigenvalue weighted by atomic mass is 16.4. The lowest BCUT2D eigenvalue weighted by atomic mass is 10.1. The summed E-state index contributed by atoms with van der Waals surface area (Å²) >= 11 is 0. The molecule has 7 heteroatoms. The molecule has 5 aromatic carbocycles. The van der Waals surface area contributed by atoms with Gasteiger partial charge in [0, 0.05) is 45.5 Å². The lowest BCUT2D eigenvalue weighted by molar-refractivity contribution is 0.619. The Bertz CT molecular complexity index is 2270. The van der Waals surface area contributed by atoms with Crippen LogP contribution in [0.15, 0.2) is 136 Å². The maximum absolute atomic E-state index is 6.14. The van der Waals surface area contributed by atoms with E-state index in [1.165, 1.54) is 0 Å². The van der Waals surface area contributed by atoms with Crippen molar-refractivity contribution in [2.24, 2.45) is 0 Å². The molecular weight excluding hydrogens is 534 g/mol. The molecule has 0 aliphatic carbocycles. The van der Waals surface area contributed by atoms with Crippen molar-refractivity contribution in [2.75, 3.05) is 0 Å². The second-order valence-corrected chi connectivity index (χ2v) is 10.4. The topological polar surface area (TPSA) is 82.8 Å². The number of aromatic nitrogens is 5. The highest BCUT2D eigenvalue weighted by Crippen LogP contribution is 2.38. The number of nitrogens with zero attached hydrogens (tertiary/aromatic N) is 5. The minimum Gasteiger partial charge on any atom is -0.436 e. The number of hydrogen-bond donors (Lipinski definition) is 0. The first-order chi connectivity index (χ1) is 21.3. The van der Waals surface area contributed by atoms with Crippen molar-refractivity contribution in [3.8, 4) is 40.0 Å². The Kier molecular flexibility index (Phi) is 5.06. The Morgan fingerprint density at radius 3 is 1.65 bits per heavy atom. The predicted molar refractivity (Wildman–Crippen MR) is 168 cm³/mol. The van der Waals surface area contributed by atoms with Gasteiger partial charge in [0.15, 0.2) is 17.0 Å². The Balaban J connectivity index is 1.29. The first-order valence-corrected chi connectivity index (χ1v) is 14.0. The van der Waals surface area contributed by atoms with Crippen LogP contribution in [0.2, 0.25) is 0 Å². The number of rotatable bonds is 4. The van der Waals surface area contributed by atoms with E-state index in [1.54, 1.807) is 12.4 Å². The van der Waals surface area contributed by atoms with Gasteiger partial charge in [-0.1, -0.05) is 36.4 Å². The largest absolute Gasteiger partial charge is 0.436 e. The van der Waals surface area contributed by atoms with Crippen LogP contribution in [0.25, 0.3) is 84.0 Å². The van der Waals surface area contributed by atoms with Gasteiger partial charge in [0.25, 0.3) is 0 Å². The molecule has 9 rings (SSSR count). The number of fused-ring (bicyclic) bond motifs is 5. The summed E-state index contributed by atoms with van der Waals surface area (Å²) in [5, 5.41) is 2.13. The summed E-state index contributed by atoms with van der Waals surface area (Å²) in [5.74, 6) is 1.85. The molecular formula is C36H21N5O2. The van der Waals surface area contributed by atoms with Crippen LogP contribution in [0.1, 0.15) is 0 Å². The average molecular weight is 556 g/mol. The summed E-state index contributed by atoms with van der Waals surface area (Å²) in [6.07, 6.45) is 3.52. The summed E-state index contributed by atoms with van der Waals surface area (Å²) in [7, 11) is 0. The molecule has 0 saturated carbocycles. The van der Waals surface area contributed by atoms with E-state index in [9.17, 15) is 0 Å². The molecule has 0 atom stereocenters. The van der Waals surface area contributed by atoms with Crippen molar-refractivity contribution in [1.29, 1.82) is 0 Å². The zero-order valence-electron chi connectivity index (χ0n) is 22.7. The maximum Gasteiger partial charge on any atom is 0.227 e. The van der Waals surface area contributed by atoms with Gasteiger partial charge in [-0.15, -0.1) is 0 Å². The lowest BCUT2D eigenvalue weighted by Gasteiger charge is -2.10. The summed E-state index contributed by atoms with van der Waals surface area (Å²) in [6.45, 7) is 0. The highest BCUT2D eigenvalue weighted by molar-refractivity contribution is 6.11. The number of oxazole rings is 2. The molecule has 0 aliphatic heterocycles. The van der Waals surface area contributed by atoms with Crippen LogP contribution in [0.3, 0.4) is 0 Å². The minimum absolute atomic E-state index is 0.585. The molecule has 0 aliphatic rings. The third-order valence-electron chi connectivity index (χ3n) is 7.78. The first kappa shape index (κ1) is 23.6. The number of benzene rings is 5. The van der Waals surface area contributed by atoms with Crippen LogP contribution in [-0.4, -0.2) is 24.5 Å². The fourth-order valence-corrected chi connectivity index (χ4v) is 5.79. The first-order valence-electron chi connectivity index (χ1n) is 14.0. The van der Waals surface area contributed by atoms with Gasteiger partial charge in [-0.3, -0.25) is 0 Å². The number of hydrogen-bond acceptors (Lipinski definition) is 6. The van der Waals surface area contributed by atoms with E-state index in [-0.39, 0.29) is 0 Å². The fourth-order valence-electron chi connectivity index (χ4n) is 5.79. The predicted octanol–water partition coefficient (Wildman–Crippen LogP) is 8.86. The number of para-hydroxylation sites is 4. The summed E-state index contributed by atoms with van der Waals surface area (Å²) < 4.78 is 14.5. The van der Waals surface area contributed by atoms with Crippen molar-refractivity contribution in [3.05, 3.63) is 128 Å². The molecule has 0 fully saturated rings. The SMILES string of the molecule is c1cnc(-c2cccc(-n3c4ccc(-c5nc6ccccc6o5)cc4c4cc(-c5nc6ccccc6o5)ccc43)c2)nc1. The molecule has 0 saturated heterocycles. The molecule has 0 radical (unpaired) electrons. The Morgan fingerprint density at radius 2 is 1.07 bits per heavy atom. The summed E-state index contributed by atoms with van der Waals surface area (Å²) in [6, 6.07) is 38.4. The van der Waals surface area contributed by atoms with Gasteiger partial charge in [-0.05, 0) is 78.9 Å². The van der Waals surface area contributed by atoms with Gasteiger partial charge in [0.05, 0.1) is 11.0 Å². The van der Waals surface area contributed by atoms with Crippen molar-refractivity contribution < 1.29 is 8.83 Å². The van der Waals surface area contributed by atoms with Crippen LogP contribution >= 0.6 is 0 Å². The molecule has 202 valence electrons. The zero-order chi connectivity index (χ0) is 28.3. The van der Waals surface area contributed by atoms with Crippen LogP contribution in [-0.2, 0) is 0 Å². The lowest BCUT2D eigenvalue weighted by Crippen LogP contribution is -1.95. The standard InChI is InChI=1S/C36H21N5O2/c1-3-11-32-28(9-1)39-35(42-32)23-13-15-30-26(20-23)27-21-24(36-40-29-10-2-4-12-33(29)43-36)14-16-31(27)41(30)25-8-5-7-22(19-25)34-37-17-6-18-38-34/h1-21H. The van der Waals surface area contributed by atoms with Gasteiger partial charge in [-0.25, -0.2) is 19.9 Å². The Hall–Kier alpha value is -6.08. The molecule has 4 heterocycles. The molecule has 0 unspecified atom stereocenters. The van der Waals surface area contributed by atoms with Gasteiger partial charge in [0.2, 0.25) is 11.8 Å². The van der Waals surface area contributed by atoms with E-state index in [1.807, 2.05) is 66.7 Å². The van der Waals surface area contributed by atoms with Crippen LogP contribution in [0.4, 0.5) is 0 Å². The van der Waals surface area contributed by atoms with Crippen molar-refractivity contribution in [1.82, 2.24) is 24.5 Å². The monoisotopic (exact) mass is 555 g/mol. The van der Waals surface area contributed by atoms with E-state index < -0.39 is 0 Å². The van der Waals surface area contributed by atoms with Crippen LogP contribution in [0.5, 0.6) is 0 Å². The summed E-state index contributed by atoms with van der Waals surface area (Å²) in [5.41, 5.74) is 9.05.